The second-order valence-corrected chi connectivity index (χ2v) is 6.77. The van der Waals surface area contributed by atoms with Gasteiger partial charge in [0, 0.05) is 37.7 Å². The smallest absolute Gasteiger partial charge is 0.379 e. The largest absolute Gasteiger partial charge is 0.416 e. The van der Waals surface area contributed by atoms with E-state index in [9.17, 15) is 13.2 Å². The predicted molar refractivity (Wildman–Crippen MR) is 105 cm³/mol. The first kappa shape index (κ1) is 20.5. The zero-order valence-electron chi connectivity index (χ0n) is 15.1. The number of anilines is 1. The molecule has 28 heavy (non-hydrogen) atoms. The maximum Gasteiger partial charge on any atom is 0.416 e. The molecule has 1 aliphatic rings. The van der Waals surface area contributed by atoms with Gasteiger partial charge in [-0.15, -0.1) is 0 Å². The molecule has 0 amide bonds. The predicted octanol–water partition coefficient (Wildman–Crippen LogP) is 3.46. The second-order valence-electron chi connectivity index (χ2n) is 6.36. The van der Waals surface area contributed by atoms with Crippen molar-refractivity contribution in [1.82, 2.24) is 15.2 Å². The van der Waals surface area contributed by atoms with Crippen molar-refractivity contribution in [3.63, 3.8) is 0 Å². The molecule has 0 bridgehead atoms. The lowest BCUT2D eigenvalue weighted by molar-refractivity contribution is -0.137. The van der Waals surface area contributed by atoms with Crippen LogP contribution in [0.2, 0.25) is 0 Å². The van der Waals surface area contributed by atoms with Gasteiger partial charge in [0.2, 0.25) is 0 Å². The van der Waals surface area contributed by atoms with Crippen molar-refractivity contribution in [3.05, 3.63) is 59.9 Å². The molecule has 2 heterocycles. The van der Waals surface area contributed by atoms with Crippen LogP contribution >= 0.6 is 12.2 Å². The standard InChI is InChI=1S/C19H21F3N4OS/c20-19(21,22)15-4-1-5-16(11-15)25-18(28)24-13-17(14-3-2-6-23-12-14)26-7-9-27-10-8-26/h1-6,11-12,17H,7-10,13H2,(H2,24,25,28)/t17-/m1/s1. The highest BCUT2D eigenvalue weighted by molar-refractivity contribution is 7.80. The molecule has 0 radical (unpaired) electrons. The lowest BCUT2D eigenvalue weighted by Gasteiger charge is -2.35. The van der Waals surface area contributed by atoms with Crippen LogP contribution in [0.5, 0.6) is 0 Å². The fraction of sp³-hybridized carbons (Fsp3) is 0.368. The Kier molecular flexibility index (Phi) is 6.82. The molecule has 1 saturated heterocycles. The molecule has 1 aliphatic heterocycles. The summed E-state index contributed by atoms with van der Waals surface area (Å²) >= 11 is 5.28. The van der Waals surface area contributed by atoms with E-state index >= 15 is 0 Å². The summed E-state index contributed by atoms with van der Waals surface area (Å²) in [7, 11) is 0. The van der Waals surface area contributed by atoms with Crippen molar-refractivity contribution in [1.29, 1.82) is 0 Å². The Labute approximate surface area is 166 Å². The molecule has 2 N–H and O–H groups in total. The molecular weight excluding hydrogens is 389 g/mol. The number of halogens is 3. The fourth-order valence-electron chi connectivity index (χ4n) is 3.06. The van der Waals surface area contributed by atoms with Crippen LogP contribution in [0, 0.1) is 0 Å². The number of pyridine rings is 1. The number of benzene rings is 1. The van der Waals surface area contributed by atoms with E-state index in [-0.39, 0.29) is 16.8 Å². The van der Waals surface area contributed by atoms with Gasteiger partial charge in [0.05, 0.1) is 24.8 Å². The minimum absolute atomic E-state index is 0.0267. The summed E-state index contributed by atoms with van der Waals surface area (Å²) in [5, 5.41) is 6.20. The molecule has 0 saturated carbocycles. The molecule has 5 nitrogen and oxygen atoms in total. The van der Waals surface area contributed by atoms with Gasteiger partial charge in [0.25, 0.3) is 0 Å². The Morgan fingerprint density at radius 3 is 2.68 bits per heavy atom. The maximum atomic E-state index is 12.9. The van der Waals surface area contributed by atoms with Crippen LogP contribution in [0.15, 0.2) is 48.8 Å². The zero-order chi connectivity index (χ0) is 20.0. The second kappa shape index (κ2) is 9.31. The molecule has 1 fully saturated rings. The van der Waals surface area contributed by atoms with Crippen LogP contribution in [-0.4, -0.2) is 47.8 Å². The summed E-state index contributed by atoms with van der Waals surface area (Å²) in [6.07, 6.45) is -0.868. The molecule has 0 unspecified atom stereocenters. The van der Waals surface area contributed by atoms with Crippen molar-refractivity contribution in [2.24, 2.45) is 0 Å². The third-order valence-electron chi connectivity index (χ3n) is 4.46. The Balaban J connectivity index is 1.64. The highest BCUT2D eigenvalue weighted by atomic mass is 32.1. The number of hydrogen-bond donors (Lipinski definition) is 2. The maximum absolute atomic E-state index is 12.9. The number of rotatable bonds is 5. The fourth-order valence-corrected chi connectivity index (χ4v) is 3.26. The lowest BCUT2D eigenvalue weighted by atomic mass is 10.1. The molecule has 150 valence electrons. The van der Waals surface area contributed by atoms with Crippen molar-refractivity contribution in [2.45, 2.75) is 12.2 Å². The SMILES string of the molecule is FC(F)(F)c1cccc(NC(=S)NC[C@H](c2cccnc2)N2CCOCC2)c1. The van der Waals surface area contributed by atoms with Gasteiger partial charge in [-0.25, -0.2) is 0 Å². The Bertz CT molecular complexity index is 782. The van der Waals surface area contributed by atoms with Crippen molar-refractivity contribution < 1.29 is 17.9 Å². The Hall–Kier alpha value is -2.23. The van der Waals surface area contributed by atoms with Gasteiger partial charge in [0.15, 0.2) is 5.11 Å². The van der Waals surface area contributed by atoms with E-state index in [0.717, 1.165) is 30.8 Å². The molecule has 3 rings (SSSR count). The molecule has 1 atom stereocenters. The first-order valence-electron chi connectivity index (χ1n) is 8.87. The average Bonchev–Trinajstić information content (AvgIpc) is 2.69. The van der Waals surface area contributed by atoms with E-state index in [4.69, 9.17) is 17.0 Å². The average molecular weight is 410 g/mol. The van der Waals surface area contributed by atoms with E-state index in [1.165, 1.54) is 6.07 Å². The van der Waals surface area contributed by atoms with E-state index < -0.39 is 11.7 Å². The lowest BCUT2D eigenvalue weighted by Crippen LogP contribution is -2.44. The third kappa shape index (κ3) is 5.63. The number of alkyl halides is 3. The quantitative estimate of drug-likeness (QED) is 0.737. The number of hydrogen-bond acceptors (Lipinski definition) is 4. The monoisotopic (exact) mass is 410 g/mol. The summed E-state index contributed by atoms with van der Waals surface area (Å²) in [6, 6.07) is 8.86. The summed E-state index contributed by atoms with van der Waals surface area (Å²) in [5.41, 5.74) is 0.609. The molecular formula is C19H21F3N4OS. The first-order valence-corrected chi connectivity index (χ1v) is 9.28. The number of thiocarbonyl (C=S) groups is 1. The highest BCUT2D eigenvalue weighted by Gasteiger charge is 2.30. The Morgan fingerprint density at radius 2 is 2.00 bits per heavy atom. The first-order chi connectivity index (χ1) is 13.4. The zero-order valence-corrected chi connectivity index (χ0v) is 15.9. The van der Waals surface area contributed by atoms with Gasteiger partial charge >= 0.3 is 6.18 Å². The van der Waals surface area contributed by atoms with Crippen molar-refractivity contribution >= 4 is 23.0 Å². The summed E-state index contributed by atoms with van der Waals surface area (Å²) < 4.78 is 44.0. The topological polar surface area (TPSA) is 49.4 Å². The van der Waals surface area contributed by atoms with Crippen molar-refractivity contribution in [2.75, 3.05) is 38.2 Å². The van der Waals surface area contributed by atoms with E-state index in [0.29, 0.717) is 19.8 Å². The van der Waals surface area contributed by atoms with Gasteiger partial charge in [0.1, 0.15) is 0 Å². The van der Waals surface area contributed by atoms with Gasteiger partial charge in [-0.05, 0) is 42.0 Å². The Morgan fingerprint density at radius 1 is 1.21 bits per heavy atom. The molecule has 1 aromatic heterocycles. The summed E-state index contributed by atoms with van der Waals surface area (Å²) in [5.74, 6) is 0. The summed E-state index contributed by atoms with van der Waals surface area (Å²) in [4.78, 5) is 6.47. The normalized spacial score (nSPS) is 16.4. The number of nitrogens with one attached hydrogen (secondary N) is 2. The van der Waals surface area contributed by atoms with Gasteiger partial charge < -0.3 is 15.4 Å². The third-order valence-corrected chi connectivity index (χ3v) is 4.71. The molecule has 2 aromatic rings. The summed E-state index contributed by atoms with van der Waals surface area (Å²) in [6.45, 7) is 3.38. The highest BCUT2D eigenvalue weighted by Crippen LogP contribution is 2.30. The molecule has 0 spiro atoms. The van der Waals surface area contributed by atoms with E-state index in [1.54, 1.807) is 12.3 Å². The van der Waals surface area contributed by atoms with E-state index in [1.807, 2.05) is 18.3 Å². The number of morpholine rings is 1. The van der Waals surface area contributed by atoms with Crippen LogP contribution in [0.4, 0.5) is 18.9 Å². The van der Waals surface area contributed by atoms with Gasteiger partial charge in [-0.3, -0.25) is 9.88 Å². The number of nitrogens with zero attached hydrogens (tertiary/aromatic N) is 2. The van der Waals surface area contributed by atoms with Crippen LogP contribution in [-0.2, 0) is 10.9 Å². The molecule has 1 aromatic carbocycles. The van der Waals surface area contributed by atoms with E-state index in [2.05, 4.69) is 20.5 Å². The van der Waals surface area contributed by atoms with Crippen LogP contribution in [0.25, 0.3) is 0 Å². The van der Waals surface area contributed by atoms with Crippen LogP contribution in [0.3, 0.4) is 0 Å². The number of aromatic nitrogens is 1. The minimum atomic E-state index is -4.39. The molecule has 0 aliphatic carbocycles. The number of ether oxygens (including phenoxy) is 1. The van der Waals surface area contributed by atoms with Crippen molar-refractivity contribution in [3.8, 4) is 0 Å². The molecule has 9 heteroatoms. The van der Waals surface area contributed by atoms with Gasteiger partial charge in [-0.1, -0.05) is 12.1 Å². The van der Waals surface area contributed by atoms with Crippen LogP contribution in [0.1, 0.15) is 17.2 Å². The van der Waals surface area contributed by atoms with Crippen LogP contribution < -0.4 is 10.6 Å². The minimum Gasteiger partial charge on any atom is -0.379 e. The van der Waals surface area contributed by atoms with Gasteiger partial charge in [-0.2, -0.15) is 13.2 Å².